The second-order valence-electron chi connectivity index (χ2n) is 8.36. The van der Waals surface area contributed by atoms with E-state index in [1.54, 1.807) is 12.1 Å². The van der Waals surface area contributed by atoms with E-state index in [0.29, 0.717) is 12.6 Å². The molecule has 2 unspecified atom stereocenters. The molecule has 2 atom stereocenters. The van der Waals surface area contributed by atoms with E-state index in [1.165, 1.54) is 25.0 Å². The molecule has 2 heterocycles. The minimum Gasteiger partial charge on any atom is -0.395 e. The molecule has 0 aliphatic carbocycles. The van der Waals surface area contributed by atoms with Crippen molar-refractivity contribution in [3.63, 3.8) is 0 Å². The van der Waals surface area contributed by atoms with Gasteiger partial charge in [-0.05, 0) is 62.9 Å². The van der Waals surface area contributed by atoms with Gasteiger partial charge in [-0.15, -0.1) is 0 Å². The summed E-state index contributed by atoms with van der Waals surface area (Å²) >= 11 is 0. The minimum atomic E-state index is -0.570. The number of nitrogens with one attached hydrogen (secondary N) is 1. The third-order valence-corrected chi connectivity index (χ3v) is 5.90. The van der Waals surface area contributed by atoms with Crippen LogP contribution in [-0.2, 0) is 0 Å². The Labute approximate surface area is 203 Å². The van der Waals surface area contributed by atoms with Crippen LogP contribution in [0, 0.1) is 26.0 Å². The lowest BCUT2D eigenvalue weighted by molar-refractivity contribution is -0.385. The van der Waals surface area contributed by atoms with Gasteiger partial charge in [0.15, 0.2) is 0 Å². The molecule has 0 radical (unpaired) electrons. The molecule has 0 aromatic heterocycles. The molecule has 11 heteroatoms. The molecule has 10 nitrogen and oxygen atoms in total. The lowest BCUT2D eigenvalue weighted by Gasteiger charge is -2.36. The molecule has 2 aromatic carbocycles. The summed E-state index contributed by atoms with van der Waals surface area (Å²) in [6.45, 7) is 2.44. The number of benzene rings is 2. The fraction of sp³-hybridized carbons (Fsp3) is 0.500. The van der Waals surface area contributed by atoms with Crippen molar-refractivity contribution in [2.75, 3.05) is 31.2 Å². The van der Waals surface area contributed by atoms with Crippen molar-refractivity contribution in [1.29, 1.82) is 0 Å². The summed E-state index contributed by atoms with van der Waals surface area (Å²) in [7, 11) is 0. The van der Waals surface area contributed by atoms with Crippen molar-refractivity contribution in [1.82, 2.24) is 5.32 Å². The second-order valence-corrected chi connectivity index (χ2v) is 8.36. The third kappa shape index (κ3) is 9.55. The normalized spacial score (nSPS) is 19.5. The first-order valence-corrected chi connectivity index (χ1v) is 11.7. The van der Waals surface area contributed by atoms with Gasteiger partial charge in [-0.3, -0.25) is 20.2 Å². The van der Waals surface area contributed by atoms with Crippen LogP contribution in [0.5, 0.6) is 0 Å². The molecule has 2 aromatic rings. The smallest absolute Gasteiger partial charge is 0.269 e. The van der Waals surface area contributed by atoms with Gasteiger partial charge in [-0.1, -0.05) is 6.42 Å². The molecule has 0 amide bonds. The number of hydrogen-bond donors (Lipinski definition) is 3. The van der Waals surface area contributed by atoms with Crippen LogP contribution < -0.4 is 10.2 Å². The van der Waals surface area contributed by atoms with Gasteiger partial charge in [0.25, 0.3) is 11.4 Å². The van der Waals surface area contributed by atoms with E-state index < -0.39 is 15.7 Å². The van der Waals surface area contributed by atoms with Crippen LogP contribution in [0.1, 0.15) is 38.5 Å². The number of halogens is 1. The SMILES string of the molecule is O=[N+]([O-])c1ccc(F)cc1.O=[N+]([O-])c1ccc(N2CCCCC2CO)cc1.OCC1CCCCN1. The Bertz CT molecular complexity index is 907. The second kappa shape index (κ2) is 15.0. The summed E-state index contributed by atoms with van der Waals surface area (Å²) in [6.07, 6.45) is 6.92. The zero-order chi connectivity index (χ0) is 25.6. The Kier molecular flexibility index (Phi) is 12.0. The topological polar surface area (TPSA) is 142 Å². The Morgan fingerprint density at radius 3 is 1.89 bits per heavy atom. The van der Waals surface area contributed by atoms with Gasteiger partial charge in [-0.25, -0.2) is 4.39 Å². The average Bonchev–Trinajstić information content (AvgIpc) is 2.90. The highest BCUT2D eigenvalue weighted by Crippen LogP contribution is 2.26. The third-order valence-electron chi connectivity index (χ3n) is 5.90. The number of aliphatic hydroxyl groups excluding tert-OH is 2. The van der Waals surface area contributed by atoms with Crippen molar-refractivity contribution in [2.45, 2.75) is 50.6 Å². The quantitative estimate of drug-likeness (QED) is 0.423. The van der Waals surface area contributed by atoms with Crippen LogP contribution in [0.3, 0.4) is 0 Å². The van der Waals surface area contributed by atoms with E-state index in [-0.39, 0.29) is 24.0 Å². The Morgan fingerprint density at radius 2 is 1.43 bits per heavy atom. The first-order valence-electron chi connectivity index (χ1n) is 11.7. The van der Waals surface area contributed by atoms with E-state index in [1.807, 2.05) is 0 Å². The molecule has 0 spiro atoms. The van der Waals surface area contributed by atoms with Gasteiger partial charge in [0.05, 0.1) is 29.1 Å². The van der Waals surface area contributed by atoms with E-state index in [4.69, 9.17) is 5.11 Å². The van der Waals surface area contributed by atoms with E-state index in [2.05, 4.69) is 10.2 Å². The monoisotopic (exact) mass is 492 g/mol. The molecular formula is C24H33FN4O6. The van der Waals surface area contributed by atoms with Crippen LogP contribution in [-0.4, -0.2) is 58.4 Å². The number of nitrogens with zero attached hydrogens (tertiary/aromatic N) is 3. The number of rotatable bonds is 5. The molecule has 2 saturated heterocycles. The molecule has 2 fully saturated rings. The average molecular weight is 493 g/mol. The lowest BCUT2D eigenvalue weighted by atomic mass is 10.0. The molecule has 192 valence electrons. The highest BCUT2D eigenvalue weighted by molar-refractivity contribution is 5.52. The predicted molar refractivity (Wildman–Crippen MR) is 131 cm³/mol. The fourth-order valence-electron chi connectivity index (χ4n) is 3.94. The van der Waals surface area contributed by atoms with Gasteiger partial charge in [-0.2, -0.15) is 0 Å². The van der Waals surface area contributed by atoms with Crippen LogP contribution in [0.2, 0.25) is 0 Å². The Hall–Kier alpha value is -3.15. The summed E-state index contributed by atoms with van der Waals surface area (Å²) in [5.74, 6) is -0.467. The van der Waals surface area contributed by atoms with Gasteiger partial charge >= 0.3 is 0 Å². The van der Waals surface area contributed by atoms with Crippen molar-refractivity contribution in [3.8, 4) is 0 Å². The zero-order valence-electron chi connectivity index (χ0n) is 19.6. The number of nitro groups is 2. The van der Waals surface area contributed by atoms with E-state index in [0.717, 1.165) is 68.7 Å². The number of piperidine rings is 2. The molecule has 35 heavy (non-hydrogen) atoms. The van der Waals surface area contributed by atoms with Crippen molar-refractivity contribution in [3.05, 3.63) is 74.6 Å². The molecule has 0 saturated carbocycles. The van der Waals surface area contributed by atoms with Crippen molar-refractivity contribution >= 4 is 17.1 Å². The van der Waals surface area contributed by atoms with E-state index >= 15 is 0 Å². The molecule has 0 bridgehead atoms. The van der Waals surface area contributed by atoms with Crippen LogP contribution in [0.25, 0.3) is 0 Å². The standard InChI is InChI=1S/C12H16N2O3.C6H4FNO2.C6H13NO/c15-9-12-3-1-2-8-13(12)10-4-6-11(7-5-10)14(16)17;7-5-1-3-6(4-2-5)8(9)10;8-5-6-3-1-2-4-7-6/h4-7,12,15H,1-3,8-9H2;1-4H;6-8H,1-5H2. The van der Waals surface area contributed by atoms with Gasteiger partial charge in [0.2, 0.25) is 0 Å². The first kappa shape index (κ1) is 28.1. The number of hydrogen-bond acceptors (Lipinski definition) is 8. The van der Waals surface area contributed by atoms with Crippen molar-refractivity contribution < 1.29 is 24.5 Å². The molecule has 3 N–H and O–H groups in total. The highest BCUT2D eigenvalue weighted by Gasteiger charge is 2.22. The maximum Gasteiger partial charge on any atom is 0.269 e. The summed E-state index contributed by atoms with van der Waals surface area (Å²) in [5, 5.41) is 41.7. The van der Waals surface area contributed by atoms with E-state index in [9.17, 15) is 29.7 Å². The fourth-order valence-corrected chi connectivity index (χ4v) is 3.94. The predicted octanol–water partition coefficient (Wildman–Crippen LogP) is 3.80. The van der Waals surface area contributed by atoms with Gasteiger partial charge in [0, 0.05) is 42.5 Å². The molecule has 2 aliphatic heterocycles. The first-order chi connectivity index (χ1) is 16.8. The zero-order valence-corrected chi connectivity index (χ0v) is 19.6. The summed E-state index contributed by atoms with van der Waals surface area (Å²) in [6, 6.07) is 11.4. The van der Waals surface area contributed by atoms with Gasteiger partial charge < -0.3 is 20.4 Å². The summed E-state index contributed by atoms with van der Waals surface area (Å²) in [5.41, 5.74) is 0.960. The van der Waals surface area contributed by atoms with Crippen molar-refractivity contribution in [2.24, 2.45) is 0 Å². The Balaban J connectivity index is 0.000000204. The number of nitro benzene ring substituents is 2. The maximum absolute atomic E-state index is 12.1. The highest BCUT2D eigenvalue weighted by atomic mass is 19.1. The molecule has 4 rings (SSSR count). The molecular weight excluding hydrogens is 459 g/mol. The number of non-ortho nitro benzene ring substituents is 2. The van der Waals surface area contributed by atoms with Crippen LogP contribution in [0.4, 0.5) is 21.5 Å². The summed E-state index contributed by atoms with van der Waals surface area (Å²) in [4.78, 5) is 21.7. The number of aliphatic hydroxyl groups is 2. The minimum absolute atomic E-state index is 0.0959. The maximum atomic E-state index is 12.1. The Morgan fingerprint density at radius 1 is 0.857 bits per heavy atom. The molecule has 2 aliphatic rings. The largest absolute Gasteiger partial charge is 0.395 e. The summed E-state index contributed by atoms with van der Waals surface area (Å²) < 4.78 is 12.1. The van der Waals surface area contributed by atoms with Crippen LogP contribution in [0.15, 0.2) is 48.5 Å². The lowest BCUT2D eigenvalue weighted by Crippen LogP contribution is -2.41. The number of anilines is 1. The van der Waals surface area contributed by atoms with Crippen LogP contribution >= 0.6 is 0 Å². The van der Waals surface area contributed by atoms with Gasteiger partial charge in [0.1, 0.15) is 5.82 Å².